The number of carboxylic acid groups (broad SMARTS) is 1. The van der Waals surface area contributed by atoms with Crippen LogP contribution in [0.25, 0.3) is 0 Å². The van der Waals surface area contributed by atoms with Crippen LogP contribution in [0.4, 0.5) is 64.3 Å². The quantitative estimate of drug-likeness (QED) is 0.144. The van der Waals surface area contributed by atoms with E-state index in [9.17, 15) is 65.9 Å². The fraction of sp³-hybridized carbons (Fsp3) is 0.562. The smallest absolute Gasteiger partial charge is 0.417 e. The molecule has 1 saturated carbocycles. The predicted octanol–water partition coefficient (Wildman–Crippen LogP) is 8.10. The molecule has 0 saturated heterocycles. The Morgan fingerprint density at radius 3 is 1.68 bits per heavy atom. The summed E-state index contributed by atoms with van der Waals surface area (Å²) in [6.45, 7) is -0.0232. The highest BCUT2D eigenvalue weighted by molar-refractivity contribution is 7.85. The number of anilines is 2. The molecule has 0 spiro atoms. The third-order valence-corrected chi connectivity index (χ3v) is 8.62. The van der Waals surface area contributed by atoms with E-state index >= 15 is 0 Å². The lowest BCUT2D eigenvalue weighted by molar-refractivity contribution is -0.162. The normalized spacial score (nSPS) is 16.9. The average Bonchev–Trinajstić information content (AvgIpc) is 3.47. The van der Waals surface area contributed by atoms with Crippen molar-refractivity contribution in [1.82, 2.24) is 20.2 Å². The lowest BCUT2D eigenvalue weighted by atomic mass is 9.80. The van der Waals surface area contributed by atoms with Gasteiger partial charge in [-0.05, 0) is 91.1 Å². The first-order chi connectivity index (χ1) is 25.4. The van der Waals surface area contributed by atoms with Crippen LogP contribution in [0.5, 0.6) is 0 Å². The van der Waals surface area contributed by atoms with Crippen LogP contribution in [-0.4, -0.2) is 63.6 Å². The van der Waals surface area contributed by atoms with Gasteiger partial charge in [0.2, 0.25) is 0 Å². The molecule has 1 aliphatic carbocycles. The fourth-order valence-corrected chi connectivity index (χ4v) is 6.23. The second kappa shape index (κ2) is 17.4. The molecular weight excluding hydrogens is 808 g/mol. The topological polar surface area (TPSA) is 142 Å². The highest BCUT2D eigenvalue weighted by Crippen LogP contribution is 2.45. The number of hydrogen-bond acceptors (Lipinski definition) is 8. The summed E-state index contributed by atoms with van der Waals surface area (Å²) in [5.41, 5.74) is -8.67. The van der Waals surface area contributed by atoms with Gasteiger partial charge in [0, 0.05) is 38.3 Å². The second-order valence-electron chi connectivity index (χ2n) is 13.1. The molecule has 0 amide bonds. The Bertz CT molecular complexity index is 1880. The van der Waals surface area contributed by atoms with Crippen molar-refractivity contribution in [3.05, 3.63) is 63.7 Å². The summed E-state index contributed by atoms with van der Waals surface area (Å²) in [6.07, 6.45) is -18.8. The number of rotatable bonds is 11. The number of aliphatic carboxylic acids is 1. The molecule has 314 valence electrons. The molecule has 24 heteroatoms. The number of tetrazole rings is 1. The lowest BCUT2D eigenvalue weighted by Crippen LogP contribution is -2.34. The third-order valence-electron chi connectivity index (χ3n) is 8.62. The van der Waals surface area contributed by atoms with Crippen molar-refractivity contribution in [1.29, 1.82) is 0 Å². The summed E-state index contributed by atoms with van der Waals surface area (Å²) in [7, 11) is -2.41. The number of hydrogen-bond donors (Lipinski definition) is 2. The number of nitrogens with zero attached hydrogens (tertiary/aromatic N) is 6. The molecule has 0 atom stereocenters. The van der Waals surface area contributed by atoms with Crippen molar-refractivity contribution >= 4 is 27.7 Å². The molecule has 0 bridgehead atoms. The fourth-order valence-electron chi connectivity index (χ4n) is 6.23. The van der Waals surface area contributed by atoms with Crippen molar-refractivity contribution < 1.29 is 75.6 Å². The van der Waals surface area contributed by atoms with Crippen LogP contribution in [0.15, 0.2) is 30.3 Å². The van der Waals surface area contributed by atoms with E-state index < -0.39 is 93.2 Å². The standard InChI is InChI=1S/C31H32F12N6O2.CH4O3S/c1-3-48(14-18-6-4-17(5-7-18)10-26(50)51)25-13-24(31(41,42)43)23(30(38,39)40)11-20(25)16-49(27-44-46-47(2)45-27)15-19-8-21(28(32,33)34)12-22(9-19)29(35,36)37;1-5(2,3)4/h8-9,11-13,17-18H,3-7,10,14-16H2,1-2H3,(H,50,51);1H3,(H,2,3,4). The van der Waals surface area contributed by atoms with Gasteiger partial charge in [-0.15, -0.1) is 5.10 Å². The van der Waals surface area contributed by atoms with Gasteiger partial charge in [0.05, 0.1) is 35.6 Å². The van der Waals surface area contributed by atoms with E-state index in [0.29, 0.717) is 50.1 Å². The highest BCUT2D eigenvalue weighted by Gasteiger charge is 2.44. The molecule has 0 unspecified atom stereocenters. The minimum Gasteiger partial charge on any atom is -0.481 e. The van der Waals surface area contributed by atoms with Gasteiger partial charge in [-0.2, -0.15) is 65.9 Å². The Kier molecular flexibility index (Phi) is 14.3. The Morgan fingerprint density at radius 2 is 1.27 bits per heavy atom. The molecule has 0 radical (unpaired) electrons. The third kappa shape index (κ3) is 13.7. The number of carboxylic acids is 1. The SMILES string of the molecule is CCN(CC1CCC(CC(=O)O)CC1)c1cc(C(F)(F)F)c(C(F)(F)F)cc1CN(Cc1cc(C(F)(F)F)cc(C(F)(F)F)c1)c1nnn(C)n1.CS(=O)(=O)O. The zero-order chi connectivity index (χ0) is 42.6. The van der Waals surface area contributed by atoms with Crippen molar-refractivity contribution in [3.8, 4) is 0 Å². The molecule has 1 fully saturated rings. The molecule has 1 aromatic heterocycles. The molecule has 1 heterocycles. The van der Waals surface area contributed by atoms with Crippen molar-refractivity contribution in [2.75, 3.05) is 29.1 Å². The lowest BCUT2D eigenvalue weighted by Gasteiger charge is -2.35. The number of aryl methyl sites for hydroxylation is 1. The van der Waals surface area contributed by atoms with Crippen LogP contribution in [-0.2, 0) is 59.8 Å². The zero-order valence-corrected chi connectivity index (χ0v) is 30.5. The van der Waals surface area contributed by atoms with Crippen LogP contribution in [0.3, 0.4) is 0 Å². The average molecular weight is 845 g/mol. The molecule has 56 heavy (non-hydrogen) atoms. The van der Waals surface area contributed by atoms with Gasteiger partial charge in [0.15, 0.2) is 0 Å². The van der Waals surface area contributed by atoms with E-state index in [1.54, 1.807) is 6.92 Å². The van der Waals surface area contributed by atoms with Crippen LogP contribution >= 0.6 is 0 Å². The van der Waals surface area contributed by atoms with Gasteiger partial charge < -0.3 is 14.9 Å². The zero-order valence-electron chi connectivity index (χ0n) is 29.7. The Morgan fingerprint density at radius 1 is 0.786 bits per heavy atom. The number of carbonyl (C=O) groups is 1. The summed E-state index contributed by atoms with van der Waals surface area (Å²) < 4.78 is 193. The van der Waals surface area contributed by atoms with Gasteiger partial charge in [-0.1, -0.05) is 5.10 Å². The van der Waals surface area contributed by atoms with Gasteiger partial charge >= 0.3 is 30.7 Å². The minimum atomic E-state index is -5.52. The number of aromatic nitrogens is 4. The Hall–Kier alpha value is -4.35. The molecule has 2 N–H and O–H groups in total. The van der Waals surface area contributed by atoms with Crippen molar-refractivity contribution in [3.63, 3.8) is 0 Å². The number of benzene rings is 2. The van der Waals surface area contributed by atoms with Gasteiger partial charge in [0.1, 0.15) is 0 Å². The highest BCUT2D eigenvalue weighted by atomic mass is 32.2. The van der Waals surface area contributed by atoms with E-state index in [0.717, 1.165) is 9.70 Å². The van der Waals surface area contributed by atoms with Crippen LogP contribution in [0, 0.1) is 11.8 Å². The van der Waals surface area contributed by atoms with E-state index in [-0.39, 0.29) is 49.2 Å². The Labute approximate surface area is 312 Å². The van der Waals surface area contributed by atoms with Crippen molar-refractivity contribution in [2.24, 2.45) is 18.9 Å². The summed E-state index contributed by atoms with van der Waals surface area (Å²) in [4.78, 5) is 14.3. The second-order valence-corrected chi connectivity index (χ2v) is 14.6. The van der Waals surface area contributed by atoms with Gasteiger partial charge in [-0.3, -0.25) is 9.35 Å². The van der Waals surface area contributed by atoms with E-state index in [2.05, 4.69) is 15.4 Å². The molecule has 11 nitrogen and oxygen atoms in total. The summed E-state index contributed by atoms with van der Waals surface area (Å²) >= 11 is 0. The molecular formula is C32H36F12N6O5S. The van der Waals surface area contributed by atoms with E-state index in [1.807, 2.05) is 0 Å². The largest absolute Gasteiger partial charge is 0.481 e. The summed E-state index contributed by atoms with van der Waals surface area (Å²) in [6, 6.07) is 1.32. The number of alkyl halides is 12. The van der Waals surface area contributed by atoms with Gasteiger partial charge in [0.25, 0.3) is 16.1 Å². The van der Waals surface area contributed by atoms with Crippen molar-refractivity contribution in [2.45, 2.75) is 76.8 Å². The first kappa shape index (κ1) is 46.0. The summed E-state index contributed by atoms with van der Waals surface area (Å²) in [5, 5.41) is 20.3. The van der Waals surface area contributed by atoms with E-state index in [1.165, 1.54) is 11.9 Å². The van der Waals surface area contributed by atoms with Crippen LogP contribution in [0.2, 0.25) is 0 Å². The first-order valence-electron chi connectivity index (χ1n) is 16.4. The molecule has 3 aromatic rings. The molecule has 0 aliphatic heterocycles. The maximum atomic E-state index is 14.2. The molecule has 4 rings (SSSR count). The number of halogens is 12. The van der Waals surface area contributed by atoms with Crippen LogP contribution < -0.4 is 9.80 Å². The minimum absolute atomic E-state index is 0.00329. The predicted molar refractivity (Wildman–Crippen MR) is 175 cm³/mol. The maximum Gasteiger partial charge on any atom is 0.417 e. The van der Waals surface area contributed by atoms with Crippen LogP contribution in [0.1, 0.15) is 72.4 Å². The molecule has 2 aromatic carbocycles. The maximum absolute atomic E-state index is 14.2. The van der Waals surface area contributed by atoms with E-state index in [4.69, 9.17) is 9.66 Å². The monoisotopic (exact) mass is 844 g/mol. The Balaban J connectivity index is 0.00000158. The first-order valence-corrected chi connectivity index (χ1v) is 18.3. The van der Waals surface area contributed by atoms with Gasteiger partial charge in [-0.25, -0.2) is 0 Å². The molecule has 1 aliphatic rings. The summed E-state index contributed by atoms with van der Waals surface area (Å²) in [5.74, 6) is -1.72.